The van der Waals surface area contributed by atoms with Gasteiger partial charge in [0.05, 0.1) is 11.4 Å². The van der Waals surface area contributed by atoms with Gasteiger partial charge in [-0.2, -0.15) is 0 Å². The van der Waals surface area contributed by atoms with Crippen LogP contribution in [0.4, 0.5) is 5.69 Å². The van der Waals surface area contributed by atoms with Gasteiger partial charge >= 0.3 is 0 Å². The molecule has 0 aliphatic carbocycles. The van der Waals surface area contributed by atoms with Crippen LogP contribution in [-0.2, 0) is 0 Å². The number of benzene rings is 1. The van der Waals surface area contributed by atoms with Crippen LogP contribution in [0.15, 0.2) is 54.9 Å². The summed E-state index contributed by atoms with van der Waals surface area (Å²) in [7, 11) is 0. The zero-order valence-electron chi connectivity index (χ0n) is 9.08. The largest absolute Gasteiger partial charge is 0.396 e. The second-order valence-electron chi connectivity index (χ2n) is 3.69. The molecule has 0 unspecified atom stereocenters. The first-order chi connectivity index (χ1) is 7.84. The number of aromatic nitrogens is 2. The molecule has 0 spiro atoms. The highest BCUT2D eigenvalue weighted by Gasteiger charge is 2.05. The topological polar surface area (TPSA) is 43.3 Å². The third-order valence-electron chi connectivity index (χ3n) is 2.58. The van der Waals surface area contributed by atoms with Crippen molar-refractivity contribution >= 4 is 23.7 Å². The van der Waals surface area contributed by atoms with Crippen LogP contribution in [0.2, 0.25) is 0 Å². The molecule has 17 heavy (non-hydrogen) atoms. The fraction of sp³-hybridized carbons (Fsp3) is 0. The second kappa shape index (κ2) is 4.47. The van der Waals surface area contributed by atoms with E-state index in [4.69, 9.17) is 5.73 Å². The van der Waals surface area contributed by atoms with Crippen molar-refractivity contribution in [2.75, 3.05) is 5.73 Å². The third-order valence-corrected chi connectivity index (χ3v) is 2.58. The molecule has 0 atom stereocenters. The first-order valence-electron chi connectivity index (χ1n) is 5.13. The molecule has 0 saturated carbocycles. The Hall–Kier alpha value is -2.00. The number of nitrogen functional groups attached to an aromatic ring is 1. The Morgan fingerprint density at radius 3 is 2.47 bits per heavy atom. The number of halogens is 1. The summed E-state index contributed by atoms with van der Waals surface area (Å²) in [5, 5.41) is 0. The van der Waals surface area contributed by atoms with Crippen LogP contribution in [0.25, 0.3) is 16.9 Å². The highest BCUT2D eigenvalue weighted by Crippen LogP contribution is 2.20. The molecule has 0 aliphatic rings. The summed E-state index contributed by atoms with van der Waals surface area (Å²) in [4.78, 5) is 4.52. The lowest BCUT2D eigenvalue weighted by Crippen LogP contribution is -1.90. The molecular weight excluding hydrogens is 234 g/mol. The zero-order chi connectivity index (χ0) is 11.0. The van der Waals surface area contributed by atoms with Crippen molar-refractivity contribution in [3.8, 4) is 11.3 Å². The van der Waals surface area contributed by atoms with E-state index in [1.54, 1.807) is 0 Å². The molecule has 3 nitrogen and oxygen atoms in total. The number of pyridine rings is 1. The van der Waals surface area contributed by atoms with Crippen LogP contribution < -0.4 is 5.73 Å². The lowest BCUT2D eigenvalue weighted by atomic mass is 10.2. The Bertz CT molecular complexity index is 631. The Morgan fingerprint density at radius 1 is 1.00 bits per heavy atom. The van der Waals surface area contributed by atoms with E-state index >= 15 is 0 Å². The smallest absolute Gasteiger partial charge is 0.160 e. The van der Waals surface area contributed by atoms with E-state index < -0.39 is 0 Å². The molecule has 2 aromatic heterocycles. The maximum atomic E-state index is 5.86. The van der Waals surface area contributed by atoms with Gasteiger partial charge in [0.1, 0.15) is 0 Å². The van der Waals surface area contributed by atoms with Crippen LogP contribution in [0.5, 0.6) is 0 Å². The first kappa shape index (κ1) is 11.5. The van der Waals surface area contributed by atoms with Gasteiger partial charge in [-0.25, -0.2) is 4.98 Å². The lowest BCUT2D eigenvalue weighted by molar-refractivity contribution is 1.19. The number of fused-ring (bicyclic) bond motifs is 1. The van der Waals surface area contributed by atoms with Gasteiger partial charge in [0.15, 0.2) is 5.65 Å². The Morgan fingerprint density at radius 2 is 1.76 bits per heavy atom. The second-order valence-corrected chi connectivity index (χ2v) is 3.69. The van der Waals surface area contributed by atoms with E-state index in [-0.39, 0.29) is 12.4 Å². The minimum Gasteiger partial charge on any atom is -0.396 e. The molecule has 2 heterocycles. The molecule has 0 bridgehead atoms. The third kappa shape index (κ3) is 1.97. The molecule has 0 fully saturated rings. The quantitative estimate of drug-likeness (QED) is 0.716. The normalized spacial score (nSPS) is 10.1. The molecule has 2 N–H and O–H groups in total. The Labute approximate surface area is 105 Å². The predicted octanol–water partition coefficient (Wildman–Crippen LogP) is 3.01. The van der Waals surface area contributed by atoms with Crippen LogP contribution in [0.3, 0.4) is 0 Å². The van der Waals surface area contributed by atoms with Crippen LogP contribution >= 0.6 is 12.4 Å². The molecular formula is C13H12ClN3. The fourth-order valence-corrected chi connectivity index (χ4v) is 1.78. The first-order valence-corrected chi connectivity index (χ1v) is 5.13. The molecule has 3 aromatic rings. The van der Waals surface area contributed by atoms with E-state index in [1.807, 2.05) is 59.3 Å². The van der Waals surface area contributed by atoms with Gasteiger partial charge in [-0.1, -0.05) is 30.3 Å². The average molecular weight is 246 g/mol. The van der Waals surface area contributed by atoms with Gasteiger partial charge in [-0.3, -0.25) is 0 Å². The van der Waals surface area contributed by atoms with Crippen molar-refractivity contribution in [3.05, 3.63) is 54.9 Å². The van der Waals surface area contributed by atoms with E-state index in [0.29, 0.717) is 5.69 Å². The fourth-order valence-electron chi connectivity index (χ4n) is 1.78. The van der Waals surface area contributed by atoms with Crippen LogP contribution in [0, 0.1) is 0 Å². The number of nitrogens with two attached hydrogens (primary N) is 1. The molecule has 0 aliphatic heterocycles. The Balaban J connectivity index is 0.00000108. The number of nitrogens with zero attached hydrogens (tertiary/aromatic N) is 2. The number of hydrogen-bond donors (Lipinski definition) is 1. The number of anilines is 1. The van der Waals surface area contributed by atoms with Gasteiger partial charge in [-0.15, -0.1) is 12.4 Å². The number of hydrogen-bond acceptors (Lipinski definition) is 2. The van der Waals surface area contributed by atoms with Crippen molar-refractivity contribution < 1.29 is 0 Å². The predicted molar refractivity (Wildman–Crippen MR) is 72.3 cm³/mol. The average Bonchev–Trinajstić information content (AvgIpc) is 2.76. The number of imidazole rings is 1. The van der Waals surface area contributed by atoms with Gasteiger partial charge in [0, 0.05) is 18.0 Å². The van der Waals surface area contributed by atoms with Gasteiger partial charge in [0.25, 0.3) is 0 Å². The maximum Gasteiger partial charge on any atom is 0.160 e. The monoisotopic (exact) mass is 245 g/mol. The molecule has 86 valence electrons. The van der Waals surface area contributed by atoms with E-state index in [1.165, 1.54) is 0 Å². The summed E-state index contributed by atoms with van der Waals surface area (Å²) in [6.45, 7) is 0. The van der Waals surface area contributed by atoms with Crippen molar-refractivity contribution in [1.82, 2.24) is 9.38 Å². The van der Waals surface area contributed by atoms with Crippen molar-refractivity contribution in [2.45, 2.75) is 0 Å². The highest BCUT2D eigenvalue weighted by molar-refractivity contribution is 5.85. The van der Waals surface area contributed by atoms with Crippen molar-refractivity contribution in [2.24, 2.45) is 0 Å². The SMILES string of the molecule is Cl.Nc1cccn2cc(-c3ccccc3)nc12. The summed E-state index contributed by atoms with van der Waals surface area (Å²) in [5.41, 5.74) is 9.42. The minimum absolute atomic E-state index is 0. The van der Waals surface area contributed by atoms with Gasteiger partial charge in [0.2, 0.25) is 0 Å². The van der Waals surface area contributed by atoms with Crippen molar-refractivity contribution in [1.29, 1.82) is 0 Å². The molecule has 0 radical (unpaired) electrons. The number of rotatable bonds is 1. The molecule has 0 saturated heterocycles. The van der Waals surface area contributed by atoms with Gasteiger partial charge < -0.3 is 10.1 Å². The van der Waals surface area contributed by atoms with Crippen LogP contribution in [0.1, 0.15) is 0 Å². The summed E-state index contributed by atoms with van der Waals surface area (Å²) in [5.74, 6) is 0. The van der Waals surface area contributed by atoms with E-state index in [0.717, 1.165) is 16.9 Å². The molecule has 4 heteroatoms. The van der Waals surface area contributed by atoms with Gasteiger partial charge in [-0.05, 0) is 12.1 Å². The van der Waals surface area contributed by atoms with Crippen LogP contribution in [-0.4, -0.2) is 9.38 Å². The summed E-state index contributed by atoms with van der Waals surface area (Å²) in [6, 6.07) is 13.9. The standard InChI is InChI=1S/C13H11N3.ClH/c14-11-7-4-8-16-9-12(15-13(11)16)10-5-2-1-3-6-10;/h1-9H,14H2;1H. The zero-order valence-corrected chi connectivity index (χ0v) is 9.89. The minimum atomic E-state index is 0. The molecule has 1 aromatic carbocycles. The summed E-state index contributed by atoms with van der Waals surface area (Å²) >= 11 is 0. The molecule has 0 amide bonds. The highest BCUT2D eigenvalue weighted by atomic mass is 35.5. The lowest BCUT2D eigenvalue weighted by Gasteiger charge is -1.94. The van der Waals surface area contributed by atoms with Crippen molar-refractivity contribution in [3.63, 3.8) is 0 Å². The molecule has 3 rings (SSSR count). The van der Waals surface area contributed by atoms with E-state index in [2.05, 4.69) is 4.98 Å². The Kier molecular flexibility index (Phi) is 3.02. The summed E-state index contributed by atoms with van der Waals surface area (Å²) < 4.78 is 1.94. The summed E-state index contributed by atoms with van der Waals surface area (Å²) in [6.07, 6.45) is 3.94. The maximum absolute atomic E-state index is 5.86. The van der Waals surface area contributed by atoms with E-state index in [9.17, 15) is 0 Å².